The summed E-state index contributed by atoms with van der Waals surface area (Å²) in [5, 5.41) is 0. The smallest absolute Gasteiger partial charge is 0.124 e. The van der Waals surface area contributed by atoms with Crippen molar-refractivity contribution in [3.05, 3.63) is 28.2 Å². The van der Waals surface area contributed by atoms with Gasteiger partial charge in [0.05, 0.1) is 0 Å². The summed E-state index contributed by atoms with van der Waals surface area (Å²) < 4.78 is 7.17. The molecule has 1 unspecified atom stereocenters. The Kier molecular flexibility index (Phi) is 4.10. The number of halogens is 1. The molecule has 2 rings (SSSR count). The minimum absolute atomic E-state index is 0.0989. The molecule has 0 aliphatic carbocycles. The fourth-order valence-electron chi connectivity index (χ4n) is 2.61. The van der Waals surface area contributed by atoms with E-state index in [1.54, 1.807) is 0 Å². The highest BCUT2D eigenvalue weighted by atomic mass is 79.9. The van der Waals surface area contributed by atoms with Gasteiger partial charge in [0.1, 0.15) is 11.9 Å². The van der Waals surface area contributed by atoms with Gasteiger partial charge in [-0.15, -0.1) is 0 Å². The lowest BCUT2D eigenvalue weighted by Gasteiger charge is -2.34. The number of hydrogen-bond acceptors (Lipinski definition) is 2. The Hall–Kier alpha value is -0.540. The highest BCUT2D eigenvalue weighted by Crippen LogP contribution is 2.38. The first-order chi connectivity index (χ1) is 8.15. The van der Waals surface area contributed by atoms with E-state index in [-0.39, 0.29) is 12.1 Å². The van der Waals surface area contributed by atoms with Crippen LogP contribution < -0.4 is 10.5 Å². The molecule has 0 aromatic heterocycles. The molecular formula is C14H20BrNO. The molecule has 0 saturated carbocycles. The Morgan fingerprint density at radius 1 is 1.41 bits per heavy atom. The zero-order valence-corrected chi connectivity index (χ0v) is 12.0. The van der Waals surface area contributed by atoms with Gasteiger partial charge in [-0.25, -0.2) is 0 Å². The maximum atomic E-state index is 6.25. The maximum Gasteiger partial charge on any atom is 0.124 e. The lowest BCUT2D eigenvalue weighted by atomic mass is 9.87. The van der Waals surface area contributed by atoms with Gasteiger partial charge in [0.25, 0.3) is 0 Å². The van der Waals surface area contributed by atoms with Crippen LogP contribution in [0.4, 0.5) is 0 Å². The fraction of sp³-hybridized carbons (Fsp3) is 0.571. The maximum absolute atomic E-state index is 6.25. The molecule has 1 heterocycles. The summed E-state index contributed by atoms with van der Waals surface area (Å²) in [7, 11) is 0. The van der Waals surface area contributed by atoms with Gasteiger partial charge < -0.3 is 10.5 Å². The monoisotopic (exact) mass is 297 g/mol. The number of nitrogens with two attached hydrogens (primary N) is 1. The molecular weight excluding hydrogens is 278 g/mol. The molecule has 94 valence electrons. The molecule has 0 amide bonds. The molecule has 3 heteroatoms. The third-order valence-corrected chi connectivity index (χ3v) is 4.20. The van der Waals surface area contributed by atoms with Crippen LogP contribution in [0.5, 0.6) is 5.75 Å². The van der Waals surface area contributed by atoms with E-state index in [0.29, 0.717) is 5.92 Å². The number of benzene rings is 1. The zero-order valence-electron chi connectivity index (χ0n) is 10.4. The van der Waals surface area contributed by atoms with Crippen LogP contribution in [-0.2, 0) is 0 Å². The van der Waals surface area contributed by atoms with E-state index in [0.717, 1.165) is 35.0 Å². The first-order valence-corrected chi connectivity index (χ1v) is 7.16. The van der Waals surface area contributed by atoms with Crippen molar-refractivity contribution in [1.29, 1.82) is 0 Å². The third kappa shape index (κ3) is 2.66. The minimum atomic E-state index is 0.0989. The Morgan fingerprint density at radius 3 is 2.76 bits per heavy atom. The highest BCUT2D eigenvalue weighted by Gasteiger charge is 2.30. The Bertz CT molecular complexity index is 390. The summed E-state index contributed by atoms with van der Waals surface area (Å²) in [6.07, 6.45) is 3.50. The van der Waals surface area contributed by atoms with Crippen molar-refractivity contribution in [3.63, 3.8) is 0 Å². The average Bonchev–Trinajstić information content (AvgIpc) is 2.32. The first-order valence-electron chi connectivity index (χ1n) is 6.37. The SMILES string of the molecule is CCC(CC)C1C[C@@H](N)c2cc(Br)ccc2O1. The van der Waals surface area contributed by atoms with Crippen molar-refractivity contribution in [3.8, 4) is 5.75 Å². The van der Waals surface area contributed by atoms with Gasteiger partial charge in [0.15, 0.2) is 0 Å². The lowest BCUT2D eigenvalue weighted by molar-refractivity contribution is 0.0944. The van der Waals surface area contributed by atoms with Crippen LogP contribution in [-0.4, -0.2) is 6.10 Å². The van der Waals surface area contributed by atoms with Gasteiger partial charge in [-0.1, -0.05) is 29.8 Å². The van der Waals surface area contributed by atoms with Crippen LogP contribution in [0.1, 0.15) is 44.7 Å². The molecule has 0 radical (unpaired) electrons. The molecule has 1 aromatic carbocycles. The fourth-order valence-corrected chi connectivity index (χ4v) is 2.99. The topological polar surface area (TPSA) is 35.2 Å². The van der Waals surface area contributed by atoms with E-state index in [1.165, 1.54) is 0 Å². The van der Waals surface area contributed by atoms with Gasteiger partial charge in [-0.2, -0.15) is 0 Å². The van der Waals surface area contributed by atoms with E-state index in [1.807, 2.05) is 12.1 Å². The Labute approximate surface area is 112 Å². The van der Waals surface area contributed by atoms with Crippen molar-refractivity contribution in [1.82, 2.24) is 0 Å². The summed E-state index contributed by atoms with van der Waals surface area (Å²) >= 11 is 3.48. The van der Waals surface area contributed by atoms with Crippen molar-refractivity contribution in [2.45, 2.75) is 45.3 Å². The zero-order chi connectivity index (χ0) is 12.4. The van der Waals surface area contributed by atoms with Crippen LogP contribution in [0.2, 0.25) is 0 Å². The van der Waals surface area contributed by atoms with E-state index < -0.39 is 0 Å². The predicted octanol–water partition coefficient (Wildman–Crippen LogP) is 4.04. The van der Waals surface area contributed by atoms with Gasteiger partial charge in [0, 0.05) is 22.5 Å². The lowest BCUT2D eigenvalue weighted by Crippen LogP contribution is -2.34. The molecule has 2 N–H and O–H groups in total. The average molecular weight is 298 g/mol. The Morgan fingerprint density at radius 2 is 2.12 bits per heavy atom. The largest absolute Gasteiger partial charge is 0.490 e. The second-order valence-electron chi connectivity index (χ2n) is 4.76. The van der Waals surface area contributed by atoms with Crippen LogP contribution in [0.3, 0.4) is 0 Å². The molecule has 2 nitrogen and oxygen atoms in total. The van der Waals surface area contributed by atoms with Crippen LogP contribution in [0.15, 0.2) is 22.7 Å². The second kappa shape index (κ2) is 5.40. The highest BCUT2D eigenvalue weighted by molar-refractivity contribution is 9.10. The van der Waals surface area contributed by atoms with Crippen molar-refractivity contribution in [2.24, 2.45) is 11.7 Å². The van der Waals surface area contributed by atoms with Gasteiger partial charge in [0.2, 0.25) is 0 Å². The minimum Gasteiger partial charge on any atom is -0.490 e. The predicted molar refractivity (Wildman–Crippen MR) is 74.2 cm³/mol. The Balaban J connectivity index is 2.24. The number of hydrogen-bond donors (Lipinski definition) is 1. The van der Waals surface area contributed by atoms with Crippen molar-refractivity contribution < 1.29 is 4.74 Å². The van der Waals surface area contributed by atoms with E-state index in [4.69, 9.17) is 10.5 Å². The summed E-state index contributed by atoms with van der Waals surface area (Å²) in [4.78, 5) is 0. The van der Waals surface area contributed by atoms with E-state index in [9.17, 15) is 0 Å². The molecule has 0 fully saturated rings. The van der Waals surface area contributed by atoms with E-state index in [2.05, 4.69) is 35.8 Å². The molecule has 0 spiro atoms. The third-order valence-electron chi connectivity index (χ3n) is 3.71. The van der Waals surface area contributed by atoms with Gasteiger partial charge in [-0.05, 0) is 37.0 Å². The molecule has 1 aliphatic rings. The summed E-state index contributed by atoms with van der Waals surface area (Å²) in [5.74, 6) is 1.57. The molecule has 1 aliphatic heterocycles. The number of ether oxygens (including phenoxy) is 1. The number of rotatable bonds is 3. The van der Waals surface area contributed by atoms with Gasteiger partial charge in [-0.3, -0.25) is 0 Å². The van der Waals surface area contributed by atoms with Crippen LogP contribution in [0, 0.1) is 5.92 Å². The van der Waals surface area contributed by atoms with Crippen LogP contribution >= 0.6 is 15.9 Å². The van der Waals surface area contributed by atoms with Crippen molar-refractivity contribution >= 4 is 15.9 Å². The molecule has 2 atom stereocenters. The number of fused-ring (bicyclic) bond motifs is 1. The summed E-state index contributed by atoms with van der Waals surface area (Å²) in [5.41, 5.74) is 7.38. The van der Waals surface area contributed by atoms with Gasteiger partial charge >= 0.3 is 0 Å². The van der Waals surface area contributed by atoms with Crippen LogP contribution in [0.25, 0.3) is 0 Å². The standard InChI is InChI=1S/C14H20BrNO/c1-3-9(4-2)14-8-12(16)11-7-10(15)5-6-13(11)17-14/h5-7,9,12,14H,3-4,8,16H2,1-2H3/t12-,14?/m1/s1. The second-order valence-corrected chi connectivity index (χ2v) is 5.67. The molecule has 17 heavy (non-hydrogen) atoms. The summed E-state index contributed by atoms with van der Waals surface area (Å²) in [6.45, 7) is 4.44. The molecule has 0 bridgehead atoms. The quantitative estimate of drug-likeness (QED) is 0.914. The molecule has 0 saturated heterocycles. The normalized spacial score (nSPS) is 23.4. The van der Waals surface area contributed by atoms with E-state index >= 15 is 0 Å². The van der Waals surface area contributed by atoms with Crippen molar-refractivity contribution in [2.75, 3.05) is 0 Å². The summed E-state index contributed by atoms with van der Waals surface area (Å²) in [6, 6.07) is 6.21. The molecule has 1 aromatic rings. The first kappa shape index (κ1) is 12.9.